The van der Waals surface area contributed by atoms with Gasteiger partial charge in [0.1, 0.15) is 0 Å². The van der Waals surface area contributed by atoms with Crippen LogP contribution in [0, 0.1) is 0 Å². The van der Waals surface area contributed by atoms with Gasteiger partial charge in [-0.15, -0.1) is 0 Å². The number of carbonyl (C=O) groups excluding carboxylic acids is 1. The lowest BCUT2D eigenvalue weighted by atomic mass is 10.2. The predicted octanol–water partition coefficient (Wildman–Crippen LogP) is 3.90. The highest BCUT2D eigenvalue weighted by atomic mass is 35.5. The molecule has 0 radical (unpaired) electrons. The average Bonchev–Trinajstić information content (AvgIpc) is 2.44. The molecule has 2 aromatic carbocycles. The van der Waals surface area contributed by atoms with Crippen LogP contribution in [0.3, 0.4) is 0 Å². The molecule has 0 saturated carbocycles. The van der Waals surface area contributed by atoms with Crippen molar-refractivity contribution < 1.29 is 4.79 Å². The molecule has 0 heterocycles. The van der Waals surface area contributed by atoms with Gasteiger partial charge in [-0.25, -0.2) is 10.6 Å². The van der Waals surface area contributed by atoms with E-state index in [0.717, 1.165) is 10.6 Å². The molecule has 0 saturated heterocycles. The molecule has 2 amide bonds. The first-order chi connectivity index (χ1) is 9.56. The molecule has 0 aromatic heterocycles. The number of hydrogen-bond donors (Lipinski definition) is 2. The molecule has 0 aliphatic carbocycles. The highest BCUT2D eigenvalue weighted by Crippen LogP contribution is 2.25. The summed E-state index contributed by atoms with van der Waals surface area (Å²) in [6.07, 6.45) is 0. The molecule has 0 aliphatic heterocycles. The summed E-state index contributed by atoms with van der Waals surface area (Å²) >= 11 is 11.7. The van der Waals surface area contributed by atoms with Crippen molar-refractivity contribution in [1.82, 2.24) is 5.01 Å². The van der Waals surface area contributed by atoms with Gasteiger partial charge in [-0.05, 0) is 23.8 Å². The van der Waals surface area contributed by atoms with Crippen LogP contribution >= 0.6 is 23.2 Å². The Morgan fingerprint density at radius 1 is 1.10 bits per heavy atom. The Balaban J connectivity index is 1.99. The standard InChI is InChI=1S/C14H13Cl2N3O/c15-12-7-6-11(8-13(12)16)18-14(20)19(17)9-10-4-2-1-3-5-10/h1-8H,9,17H2,(H,18,20). The zero-order chi connectivity index (χ0) is 14.5. The fourth-order valence-electron chi connectivity index (χ4n) is 1.62. The number of nitrogens with two attached hydrogens (primary N) is 1. The Morgan fingerprint density at radius 3 is 2.45 bits per heavy atom. The third kappa shape index (κ3) is 3.87. The lowest BCUT2D eigenvalue weighted by Gasteiger charge is -2.17. The van der Waals surface area contributed by atoms with E-state index in [2.05, 4.69) is 5.32 Å². The average molecular weight is 310 g/mol. The van der Waals surface area contributed by atoms with E-state index in [0.29, 0.717) is 22.3 Å². The van der Waals surface area contributed by atoms with Crippen molar-refractivity contribution in [1.29, 1.82) is 0 Å². The van der Waals surface area contributed by atoms with Crippen LogP contribution in [-0.2, 0) is 6.54 Å². The number of anilines is 1. The topological polar surface area (TPSA) is 58.4 Å². The summed E-state index contributed by atoms with van der Waals surface area (Å²) < 4.78 is 0. The Kier molecular flexibility index (Phi) is 4.84. The molecular formula is C14H13Cl2N3O. The van der Waals surface area contributed by atoms with E-state index in [1.165, 1.54) is 0 Å². The highest BCUT2D eigenvalue weighted by molar-refractivity contribution is 6.42. The van der Waals surface area contributed by atoms with Crippen molar-refractivity contribution in [3.8, 4) is 0 Å². The van der Waals surface area contributed by atoms with Crippen molar-refractivity contribution in [2.45, 2.75) is 6.54 Å². The van der Waals surface area contributed by atoms with Gasteiger partial charge in [0.25, 0.3) is 0 Å². The first kappa shape index (κ1) is 14.7. The lowest BCUT2D eigenvalue weighted by molar-refractivity contribution is 0.210. The van der Waals surface area contributed by atoms with Gasteiger partial charge in [0.2, 0.25) is 0 Å². The third-order valence-electron chi connectivity index (χ3n) is 2.63. The number of rotatable bonds is 3. The normalized spacial score (nSPS) is 10.2. The zero-order valence-electron chi connectivity index (χ0n) is 10.5. The summed E-state index contributed by atoms with van der Waals surface area (Å²) in [5.41, 5.74) is 1.48. The molecule has 6 heteroatoms. The maximum atomic E-state index is 11.9. The fourth-order valence-corrected chi connectivity index (χ4v) is 1.92. The number of hydrazine groups is 1. The van der Waals surface area contributed by atoms with Crippen LogP contribution in [0.5, 0.6) is 0 Å². The maximum absolute atomic E-state index is 11.9. The van der Waals surface area contributed by atoms with Crippen molar-refractivity contribution in [2.24, 2.45) is 5.84 Å². The lowest BCUT2D eigenvalue weighted by Crippen LogP contribution is -2.39. The minimum Gasteiger partial charge on any atom is -0.307 e. The second-order valence-electron chi connectivity index (χ2n) is 4.17. The number of hydrogen-bond acceptors (Lipinski definition) is 2. The quantitative estimate of drug-likeness (QED) is 0.513. The van der Waals surface area contributed by atoms with E-state index < -0.39 is 6.03 Å². The largest absolute Gasteiger partial charge is 0.336 e. The number of amides is 2. The number of nitrogens with zero attached hydrogens (tertiary/aromatic N) is 1. The molecular weight excluding hydrogens is 297 g/mol. The third-order valence-corrected chi connectivity index (χ3v) is 3.37. The molecule has 0 bridgehead atoms. The molecule has 4 nitrogen and oxygen atoms in total. The second-order valence-corrected chi connectivity index (χ2v) is 4.99. The monoisotopic (exact) mass is 309 g/mol. The van der Waals surface area contributed by atoms with Crippen LogP contribution in [0.15, 0.2) is 48.5 Å². The van der Waals surface area contributed by atoms with Gasteiger partial charge >= 0.3 is 6.03 Å². The molecule has 3 N–H and O–H groups in total. The minimum atomic E-state index is -0.424. The first-order valence-electron chi connectivity index (χ1n) is 5.88. The van der Waals surface area contributed by atoms with Gasteiger partial charge in [-0.1, -0.05) is 53.5 Å². The van der Waals surface area contributed by atoms with Crippen LogP contribution in [0.4, 0.5) is 10.5 Å². The molecule has 0 spiro atoms. The van der Waals surface area contributed by atoms with Gasteiger partial charge in [0.15, 0.2) is 0 Å². The minimum absolute atomic E-state index is 0.313. The maximum Gasteiger partial charge on any atom is 0.336 e. The Hall–Kier alpha value is -1.75. The number of carbonyl (C=O) groups is 1. The van der Waals surface area contributed by atoms with Gasteiger partial charge < -0.3 is 5.32 Å². The van der Waals surface area contributed by atoms with Crippen LogP contribution in [-0.4, -0.2) is 11.0 Å². The Bertz CT molecular complexity index is 605. The van der Waals surface area contributed by atoms with Crippen molar-refractivity contribution in [2.75, 3.05) is 5.32 Å². The highest BCUT2D eigenvalue weighted by Gasteiger charge is 2.10. The molecule has 0 aliphatic rings. The van der Waals surface area contributed by atoms with Gasteiger partial charge in [-0.3, -0.25) is 5.01 Å². The predicted molar refractivity (Wildman–Crippen MR) is 81.7 cm³/mol. The van der Waals surface area contributed by atoms with Gasteiger partial charge in [-0.2, -0.15) is 0 Å². The molecule has 20 heavy (non-hydrogen) atoms. The number of nitrogens with one attached hydrogen (secondary N) is 1. The Morgan fingerprint density at radius 2 is 1.80 bits per heavy atom. The van der Waals surface area contributed by atoms with E-state index in [-0.39, 0.29) is 0 Å². The number of halogens is 2. The van der Waals surface area contributed by atoms with E-state index in [9.17, 15) is 4.79 Å². The summed E-state index contributed by atoms with van der Waals surface area (Å²) in [7, 11) is 0. The van der Waals surface area contributed by atoms with E-state index in [1.807, 2.05) is 30.3 Å². The summed E-state index contributed by atoms with van der Waals surface area (Å²) in [5.74, 6) is 5.73. The van der Waals surface area contributed by atoms with Crippen molar-refractivity contribution in [3.05, 3.63) is 64.1 Å². The number of benzene rings is 2. The summed E-state index contributed by atoms with van der Waals surface area (Å²) in [6, 6.07) is 13.9. The first-order valence-corrected chi connectivity index (χ1v) is 6.64. The van der Waals surface area contributed by atoms with Gasteiger partial charge in [0.05, 0.1) is 16.6 Å². The number of urea groups is 1. The molecule has 0 fully saturated rings. The SMILES string of the molecule is NN(Cc1ccccc1)C(=O)Nc1ccc(Cl)c(Cl)c1. The summed E-state index contributed by atoms with van der Waals surface area (Å²) in [5, 5.41) is 4.54. The molecule has 0 atom stereocenters. The van der Waals surface area contributed by atoms with Crippen LogP contribution in [0.25, 0.3) is 0 Å². The molecule has 2 aromatic rings. The summed E-state index contributed by atoms with van der Waals surface area (Å²) in [6.45, 7) is 0.313. The molecule has 2 rings (SSSR count). The van der Waals surface area contributed by atoms with E-state index in [1.54, 1.807) is 18.2 Å². The van der Waals surface area contributed by atoms with E-state index >= 15 is 0 Å². The summed E-state index contributed by atoms with van der Waals surface area (Å²) in [4.78, 5) is 11.9. The zero-order valence-corrected chi connectivity index (χ0v) is 12.0. The molecule has 0 unspecified atom stereocenters. The van der Waals surface area contributed by atoms with Crippen molar-refractivity contribution in [3.63, 3.8) is 0 Å². The van der Waals surface area contributed by atoms with Crippen LogP contribution in [0.1, 0.15) is 5.56 Å². The Labute approximate surface area is 127 Å². The van der Waals surface area contributed by atoms with E-state index in [4.69, 9.17) is 29.0 Å². The van der Waals surface area contributed by atoms with Crippen LogP contribution < -0.4 is 11.2 Å². The van der Waals surface area contributed by atoms with Crippen molar-refractivity contribution >= 4 is 34.9 Å². The second kappa shape index (κ2) is 6.61. The van der Waals surface area contributed by atoms with Crippen LogP contribution in [0.2, 0.25) is 10.0 Å². The smallest absolute Gasteiger partial charge is 0.307 e. The molecule has 104 valence electrons. The fraction of sp³-hybridized carbons (Fsp3) is 0.0714. The van der Waals surface area contributed by atoms with Gasteiger partial charge in [0, 0.05) is 5.69 Å².